The summed E-state index contributed by atoms with van der Waals surface area (Å²) in [4.78, 5) is 25.0. The first-order chi connectivity index (χ1) is 11.4. The number of carbonyl (C=O) groups excluding carboxylic acids is 2. The smallest absolute Gasteiger partial charge is 0.261 e. The molecule has 1 fully saturated rings. The van der Waals surface area contributed by atoms with E-state index in [1.165, 1.54) is 29.2 Å². The van der Waals surface area contributed by atoms with E-state index in [4.69, 9.17) is 4.74 Å². The van der Waals surface area contributed by atoms with Crippen molar-refractivity contribution in [1.82, 2.24) is 10.2 Å². The summed E-state index contributed by atoms with van der Waals surface area (Å²) in [5.41, 5.74) is -1.16. The van der Waals surface area contributed by atoms with Crippen LogP contribution in [0.25, 0.3) is 0 Å². The van der Waals surface area contributed by atoms with Gasteiger partial charge in [-0.3, -0.25) is 9.59 Å². The second-order valence-corrected chi connectivity index (χ2v) is 5.79. The Balaban J connectivity index is 1.86. The number of nitrogens with zero attached hydrogens (tertiary/aromatic N) is 1. The van der Waals surface area contributed by atoms with Gasteiger partial charge in [-0.05, 0) is 24.6 Å². The van der Waals surface area contributed by atoms with Gasteiger partial charge >= 0.3 is 0 Å². The van der Waals surface area contributed by atoms with Gasteiger partial charge in [-0.1, -0.05) is 25.6 Å². The Morgan fingerprint density at radius 3 is 2.75 bits per heavy atom. The van der Waals surface area contributed by atoms with Crippen molar-refractivity contribution in [2.75, 3.05) is 19.6 Å². The Morgan fingerprint density at radius 1 is 1.50 bits per heavy atom. The molecule has 24 heavy (non-hydrogen) atoms. The number of aliphatic hydroxyl groups is 1. The predicted octanol–water partition coefficient (Wildman–Crippen LogP) is 0.859. The third-order valence-corrected chi connectivity index (χ3v) is 3.82. The average Bonchev–Trinajstić information content (AvgIpc) is 2.55. The third kappa shape index (κ3) is 4.11. The van der Waals surface area contributed by atoms with Crippen LogP contribution in [0.2, 0.25) is 0 Å². The minimum Gasteiger partial charge on any atom is -0.478 e. The van der Waals surface area contributed by atoms with E-state index in [0.29, 0.717) is 6.42 Å². The van der Waals surface area contributed by atoms with Gasteiger partial charge in [0.05, 0.1) is 13.1 Å². The van der Waals surface area contributed by atoms with Crippen LogP contribution < -0.4 is 10.1 Å². The quantitative estimate of drug-likeness (QED) is 0.724. The van der Waals surface area contributed by atoms with Gasteiger partial charge in [0.2, 0.25) is 5.91 Å². The molecule has 1 aromatic carbocycles. The molecule has 7 heteroatoms. The molecular formula is C17H21FN2O4. The van der Waals surface area contributed by atoms with Crippen molar-refractivity contribution < 1.29 is 23.8 Å². The molecule has 1 saturated heterocycles. The molecule has 1 heterocycles. The monoisotopic (exact) mass is 336 g/mol. The van der Waals surface area contributed by atoms with Crippen molar-refractivity contribution in [3.8, 4) is 5.75 Å². The Kier molecular flexibility index (Phi) is 5.56. The normalized spacial score (nSPS) is 16.7. The number of hydrogen-bond donors (Lipinski definition) is 2. The first kappa shape index (κ1) is 17.9. The lowest BCUT2D eigenvalue weighted by atomic mass is 9.94. The number of carbonyl (C=O) groups is 2. The van der Waals surface area contributed by atoms with Gasteiger partial charge in [0.15, 0.2) is 17.7 Å². The molecule has 1 aliphatic heterocycles. The maximum atomic E-state index is 13.6. The highest BCUT2D eigenvalue weighted by molar-refractivity contribution is 5.88. The molecule has 0 radical (unpaired) electrons. The van der Waals surface area contributed by atoms with E-state index in [0.717, 1.165) is 0 Å². The molecule has 2 rings (SSSR count). The molecule has 2 amide bonds. The lowest BCUT2D eigenvalue weighted by molar-refractivity contribution is -0.150. The van der Waals surface area contributed by atoms with Crippen LogP contribution in [0.5, 0.6) is 5.75 Å². The van der Waals surface area contributed by atoms with Crippen LogP contribution in [-0.4, -0.2) is 53.2 Å². The van der Waals surface area contributed by atoms with Gasteiger partial charge in [0.25, 0.3) is 5.91 Å². The summed E-state index contributed by atoms with van der Waals surface area (Å²) in [5, 5.41) is 12.8. The number of ether oxygens (including phenoxy) is 1. The number of rotatable bonds is 7. The molecule has 0 bridgehead atoms. The number of nitrogens with one attached hydrogen (secondary N) is 1. The molecular weight excluding hydrogens is 315 g/mol. The maximum Gasteiger partial charge on any atom is 0.261 e. The van der Waals surface area contributed by atoms with E-state index < -0.39 is 23.4 Å². The van der Waals surface area contributed by atoms with Crippen LogP contribution in [0, 0.1) is 5.82 Å². The first-order valence-corrected chi connectivity index (χ1v) is 7.71. The molecule has 1 aliphatic rings. The largest absolute Gasteiger partial charge is 0.478 e. The second kappa shape index (κ2) is 7.44. The fourth-order valence-corrected chi connectivity index (χ4v) is 2.44. The van der Waals surface area contributed by atoms with Crippen molar-refractivity contribution >= 4 is 11.8 Å². The van der Waals surface area contributed by atoms with Crippen LogP contribution >= 0.6 is 0 Å². The number of likely N-dealkylation sites (tertiary alicyclic amines) is 1. The SMILES string of the molecule is C=CC(=O)N1CC(O)(CNC(=O)C(CC)Oc2ccccc2F)C1. The van der Waals surface area contributed by atoms with Crippen LogP contribution in [0.15, 0.2) is 36.9 Å². The van der Waals surface area contributed by atoms with Crippen molar-refractivity contribution in [3.05, 3.63) is 42.7 Å². The molecule has 0 aromatic heterocycles. The minimum absolute atomic E-state index is 0.00427. The van der Waals surface area contributed by atoms with Gasteiger partial charge in [0, 0.05) is 6.54 Å². The van der Waals surface area contributed by atoms with E-state index in [-0.39, 0.29) is 31.3 Å². The van der Waals surface area contributed by atoms with E-state index in [2.05, 4.69) is 11.9 Å². The predicted molar refractivity (Wildman–Crippen MR) is 85.8 cm³/mol. The summed E-state index contributed by atoms with van der Waals surface area (Å²) < 4.78 is 19.0. The van der Waals surface area contributed by atoms with Crippen LogP contribution in [-0.2, 0) is 9.59 Å². The third-order valence-electron chi connectivity index (χ3n) is 3.82. The first-order valence-electron chi connectivity index (χ1n) is 7.71. The molecule has 0 spiro atoms. The summed E-state index contributed by atoms with van der Waals surface area (Å²) in [7, 11) is 0. The van der Waals surface area contributed by atoms with Crippen molar-refractivity contribution in [3.63, 3.8) is 0 Å². The highest BCUT2D eigenvalue weighted by Gasteiger charge is 2.43. The summed E-state index contributed by atoms with van der Waals surface area (Å²) in [6.45, 7) is 5.37. The summed E-state index contributed by atoms with van der Waals surface area (Å²) in [6, 6.07) is 5.85. The van der Waals surface area contributed by atoms with Crippen LogP contribution in [0.1, 0.15) is 13.3 Å². The van der Waals surface area contributed by atoms with Gasteiger partial charge in [-0.2, -0.15) is 0 Å². The van der Waals surface area contributed by atoms with Gasteiger partial charge in [-0.25, -0.2) is 4.39 Å². The molecule has 0 aliphatic carbocycles. The van der Waals surface area contributed by atoms with Crippen LogP contribution in [0.3, 0.4) is 0 Å². The number of amides is 2. The highest BCUT2D eigenvalue weighted by Crippen LogP contribution is 2.21. The summed E-state index contributed by atoms with van der Waals surface area (Å²) in [5.74, 6) is -1.24. The highest BCUT2D eigenvalue weighted by atomic mass is 19.1. The number of hydrogen-bond acceptors (Lipinski definition) is 4. The zero-order chi connectivity index (χ0) is 17.7. The van der Waals surface area contributed by atoms with E-state index >= 15 is 0 Å². The lowest BCUT2D eigenvalue weighted by Gasteiger charge is -2.46. The second-order valence-electron chi connectivity index (χ2n) is 5.79. The Bertz CT molecular complexity index is 629. The minimum atomic E-state index is -1.16. The molecule has 6 nitrogen and oxygen atoms in total. The van der Waals surface area contributed by atoms with Gasteiger partial charge in [-0.15, -0.1) is 0 Å². The Labute approximate surface area is 139 Å². The zero-order valence-electron chi connectivity index (χ0n) is 13.5. The Hall–Kier alpha value is -2.41. The number of β-amino-alcohol motifs (C(OH)–C–C–N with tert-alkyl or cyclic N) is 1. The number of para-hydroxylation sites is 1. The molecule has 1 atom stereocenters. The average molecular weight is 336 g/mol. The molecule has 1 unspecified atom stereocenters. The van der Waals surface area contributed by atoms with Crippen molar-refractivity contribution in [1.29, 1.82) is 0 Å². The molecule has 130 valence electrons. The summed E-state index contributed by atoms with van der Waals surface area (Å²) in [6.07, 6.45) is 0.657. The van der Waals surface area contributed by atoms with Gasteiger partial charge in [0.1, 0.15) is 5.60 Å². The molecule has 2 N–H and O–H groups in total. The fourth-order valence-electron chi connectivity index (χ4n) is 2.44. The molecule has 0 saturated carbocycles. The number of benzene rings is 1. The summed E-state index contributed by atoms with van der Waals surface area (Å²) >= 11 is 0. The van der Waals surface area contributed by atoms with Crippen molar-refractivity contribution in [2.24, 2.45) is 0 Å². The van der Waals surface area contributed by atoms with Crippen LogP contribution in [0.4, 0.5) is 4.39 Å². The topological polar surface area (TPSA) is 78.9 Å². The molecule has 1 aromatic rings. The van der Waals surface area contributed by atoms with E-state index in [9.17, 15) is 19.1 Å². The zero-order valence-corrected chi connectivity index (χ0v) is 13.5. The van der Waals surface area contributed by atoms with E-state index in [1.54, 1.807) is 13.0 Å². The maximum absolute atomic E-state index is 13.6. The standard InChI is InChI=1S/C17H21FN2O4/c1-3-13(24-14-8-6-5-7-12(14)18)16(22)19-9-17(23)10-20(11-17)15(21)4-2/h4-8,13,23H,2-3,9-11H2,1H3,(H,19,22). The lowest BCUT2D eigenvalue weighted by Crippen LogP contribution is -2.67. The van der Waals surface area contributed by atoms with E-state index in [1.807, 2.05) is 0 Å². The fraction of sp³-hybridized carbons (Fsp3) is 0.412. The van der Waals surface area contributed by atoms with Gasteiger partial charge < -0.3 is 20.1 Å². The number of halogens is 1. The van der Waals surface area contributed by atoms with Crippen molar-refractivity contribution in [2.45, 2.75) is 25.0 Å². The Morgan fingerprint density at radius 2 is 2.17 bits per heavy atom.